The third-order valence-electron chi connectivity index (χ3n) is 7.07. The van der Waals surface area contributed by atoms with Crippen molar-refractivity contribution in [3.63, 3.8) is 0 Å². The summed E-state index contributed by atoms with van der Waals surface area (Å²) in [6, 6.07) is 6.60. The number of benzene rings is 1. The lowest BCUT2D eigenvalue weighted by atomic mass is 9.71. The molecule has 0 radical (unpaired) electrons. The highest BCUT2D eigenvalue weighted by atomic mass is 16.7. The first-order valence-corrected chi connectivity index (χ1v) is 11.5. The van der Waals surface area contributed by atoms with Crippen LogP contribution in [0.25, 0.3) is 0 Å². The zero-order chi connectivity index (χ0) is 21.9. The van der Waals surface area contributed by atoms with Crippen LogP contribution in [0.5, 0.6) is 0 Å². The van der Waals surface area contributed by atoms with Gasteiger partial charge in [-0.05, 0) is 89.5 Å². The molecule has 3 rings (SSSR count). The first kappa shape index (κ1) is 23.3. The summed E-state index contributed by atoms with van der Waals surface area (Å²) in [6.07, 6.45) is 3.68. The third kappa shape index (κ3) is 4.92. The molecule has 2 saturated heterocycles. The van der Waals surface area contributed by atoms with Gasteiger partial charge in [0.15, 0.2) is 0 Å². The number of nitrogens with zero attached hydrogens (tertiary/aromatic N) is 1. The van der Waals surface area contributed by atoms with Crippen molar-refractivity contribution in [1.29, 1.82) is 0 Å². The van der Waals surface area contributed by atoms with E-state index in [9.17, 15) is 4.79 Å². The van der Waals surface area contributed by atoms with Gasteiger partial charge in [-0.3, -0.25) is 4.79 Å². The molecule has 1 aromatic rings. The number of likely N-dealkylation sites (tertiary alicyclic amines) is 1. The molecule has 0 saturated carbocycles. The fraction of sp³-hybridized carbons (Fsp3) is 0.708. The second kappa shape index (κ2) is 9.41. The Morgan fingerprint density at radius 3 is 2.33 bits per heavy atom. The maximum atomic E-state index is 11.6. The van der Waals surface area contributed by atoms with E-state index in [0.29, 0.717) is 18.9 Å². The maximum absolute atomic E-state index is 11.6. The van der Waals surface area contributed by atoms with Crippen LogP contribution in [-0.2, 0) is 25.3 Å². The molecule has 0 aromatic heterocycles. The molecule has 1 aromatic carbocycles. The van der Waals surface area contributed by atoms with Crippen molar-refractivity contribution < 1.29 is 18.8 Å². The lowest BCUT2D eigenvalue weighted by Gasteiger charge is -2.33. The third-order valence-corrected chi connectivity index (χ3v) is 7.07. The highest BCUT2D eigenvalue weighted by Gasteiger charge is 2.52. The van der Waals surface area contributed by atoms with Crippen molar-refractivity contribution >= 4 is 18.6 Å². The molecule has 30 heavy (non-hydrogen) atoms. The highest BCUT2D eigenvalue weighted by molar-refractivity contribution is 6.62. The largest absolute Gasteiger partial charge is 0.495 e. The Kier molecular flexibility index (Phi) is 7.31. The van der Waals surface area contributed by atoms with Crippen molar-refractivity contribution in [2.75, 3.05) is 26.2 Å². The fourth-order valence-electron chi connectivity index (χ4n) is 4.56. The van der Waals surface area contributed by atoms with Gasteiger partial charge in [0.05, 0.1) is 24.2 Å². The van der Waals surface area contributed by atoms with Gasteiger partial charge in [0.25, 0.3) is 0 Å². The molecule has 2 heterocycles. The van der Waals surface area contributed by atoms with Crippen LogP contribution >= 0.6 is 0 Å². The quantitative estimate of drug-likeness (QED) is 0.502. The van der Waals surface area contributed by atoms with Gasteiger partial charge in [-0.1, -0.05) is 25.1 Å². The van der Waals surface area contributed by atoms with E-state index in [1.165, 1.54) is 16.6 Å². The van der Waals surface area contributed by atoms with Crippen LogP contribution < -0.4 is 5.46 Å². The van der Waals surface area contributed by atoms with E-state index in [4.69, 9.17) is 14.0 Å². The molecule has 5 nitrogen and oxygen atoms in total. The maximum Gasteiger partial charge on any atom is 0.495 e. The number of carbonyl (C=O) groups is 1. The van der Waals surface area contributed by atoms with E-state index in [1.807, 2.05) is 6.92 Å². The molecule has 0 aliphatic carbocycles. The van der Waals surface area contributed by atoms with Gasteiger partial charge in [0, 0.05) is 6.54 Å². The van der Waals surface area contributed by atoms with Crippen LogP contribution in [-0.4, -0.2) is 55.4 Å². The lowest BCUT2D eigenvalue weighted by molar-refractivity contribution is -0.143. The monoisotopic (exact) mass is 415 g/mol. The molecule has 0 unspecified atom stereocenters. The van der Waals surface area contributed by atoms with Crippen molar-refractivity contribution in [2.24, 2.45) is 0 Å². The fourth-order valence-corrected chi connectivity index (χ4v) is 4.56. The molecule has 0 N–H and O–H groups in total. The molecular weight excluding hydrogens is 377 g/mol. The van der Waals surface area contributed by atoms with Crippen LogP contribution in [0.1, 0.15) is 77.8 Å². The minimum Gasteiger partial charge on any atom is -0.466 e. The Bertz CT molecular complexity index is 725. The Balaban J connectivity index is 1.68. The van der Waals surface area contributed by atoms with Crippen LogP contribution in [0, 0.1) is 0 Å². The van der Waals surface area contributed by atoms with Crippen molar-refractivity contribution in [3.8, 4) is 0 Å². The van der Waals surface area contributed by atoms with Crippen LogP contribution in [0.15, 0.2) is 18.2 Å². The summed E-state index contributed by atoms with van der Waals surface area (Å²) >= 11 is 0. The Hall–Kier alpha value is -1.37. The summed E-state index contributed by atoms with van der Waals surface area (Å²) in [4.78, 5) is 14.0. The second-order valence-corrected chi connectivity index (χ2v) is 9.53. The Morgan fingerprint density at radius 1 is 1.13 bits per heavy atom. The van der Waals surface area contributed by atoms with Gasteiger partial charge >= 0.3 is 13.1 Å². The highest BCUT2D eigenvalue weighted by Crippen LogP contribution is 2.37. The van der Waals surface area contributed by atoms with Crippen molar-refractivity contribution in [2.45, 2.75) is 84.3 Å². The van der Waals surface area contributed by atoms with E-state index in [-0.39, 0.29) is 24.3 Å². The SMILES string of the molecule is CCOC(=O)CCN1CCC(c2cccc(B3OC(C)(C)C(C)(C)O3)c2CC)CC1. The van der Waals surface area contributed by atoms with E-state index < -0.39 is 0 Å². The number of piperidine rings is 1. The zero-order valence-corrected chi connectivity index (χ0v) is 19.6. The van der Waals surface area contributed by atoms with Crippen LogP contribution in [0.4, 0.5) is 0 Å². The predicted octanol–water partition coefficient (Wildman–Crippen LogP) is 3.68. The van der Waals surface area contributed by atoms with Gasteiger partial charge in [-0.2, -0.15) is 0 Å². The van der Waals surface area contributed by atoms with Crippen LogP contribution in [0.3, 0.4) is 0 Å². The summed E-state index contributed by atoms with van der Waals surface area (Å²) in [5.41, 5.74) is 3.33. The number of hydrogen-bond acceptors (Lipinski definition) is 5. The minimum atomic E-state index is -0.330. The topological polar surface area (TPSA) is 48.0 Å². The smallest absolute Gasteiger partial charge is 0.466 e. The summed E-state index contributed by atoms with van der Waals surface area (Å²) < 4.78 is 17.8. The number of carbonyl (C=O) groups excluding carboxylic acids is 1. The normalized spacial score (nSPS) is 21.7. The number of rotatable bonds is 7. The van der Waals surface area contributed by atoms with Gasteiger partial charge in [0.1, 0.15) is 0 Å². The summed E-state index contributed by atoms with van der Waals surface area (Å²) in [5, 5.41) is 0. The minimum absolute atomic E-state index is 0.0944. The average Bonchev–Trinajstić information content (AvgIpc) is 2.93. The average molecular weight is 415 g/mol. The van der Waals surface area contributed by atoms with E-state index in [1.54, 1.807) is 0 Å². The van der Waals surface area contributed by atoms with E-state index in [2.05, 4.69) is 57.7 Å². The zero-order valence-electron chi connectivity index (χ0n) is 19.6. The number of ether oxygens (including phenoxy) is 1. The van der Waals surface area contributed by atoms with E-state index >= 15 is 0 Å². The molecule has 166 valence electrons. The van der Waals surface area contributed by atoms with Crippen molar-refractivity contribution in [1.82, 2.24) is 4.90 Å². The summed E-state index contributed by atoms with van der Waals surface area (Å²) in [6.45, 7) is 15.8. The van der Waals surface area contributed by atoms with Crippen molar-refractivity contribution in [3.05, 3.63) is 29.3 Å². The molecule has 6 heteroatoms. The molecule has 2 aliphatic heterocycles. The Labute approximate surface area is 182 Å². The predicted molar refractivity (Wildman–Crippen MR) is 121 cm³/mol. The summed E-state index contributed by atoms with van der Waals surface area (Å²) in [7, 11) is -0.311. The summed E-state index contributed by atoms with van der Waals surface area (Å²) in [5.74, 6) is 0.448. The van der Waals surface area contributed by atoms with Gasteiger partial charge in [-0.15, -0.1) is 0 Å². The van der Waals surface area contributed by atoms with E-state index in [0.717, 1.165) is 38.9 Å². The lowest BCUT2D eigenvalue weighted by Crippen LogP contribution is -2.41. The Morgan fingerprint density at radius 2 is 1.77 bits per heavy atom. The molecule has 2 aliphatic rings. The van der Waals surface area contributed by atoms with Gasteiger partial charge < -0.3 is 18.9 Å². The number of esters is 1. The molecule has 0 spiro atoms. The molecule has 2 fully saturated rings. The number of hydrogen-bond donors (Lipinski definition) is 0. The first-order valence-electron chi connectivity index (χ1n) is 11.5. The van der Waals surface area contributed by atoms with Gasteiger partial charge in [0.2, 0.25) is 0 Å². The molecule has 0 bridgehead atoms. The second-order valence-electron chi connectivity index (χ2n) is 9.53. The first-order chi connectivity index (χ1) is 14.2. The molecule has 0 amide bonds. The molecular formula is C24H38BNO4. The van der Waals surface area contributed by atoms with Crippen LogP contribution in [0.2, 0.25) is 0 Å². The standard InChI is InChI=1S/C24H38BNO4/c1-7-19-20(18-12-15-26(16-13-18)17-14-22(27)28-8-2)10-9-11-21(19)25-29-23(3,4)24(5,6)30-25/h9-11,18H,7-8,12-17H2,1-6H3. The molecule has 0 atom stereocenters. The van der Waals surface area contributed by atoms with Gasteiger partial charge in [-0.25, -0.2) is 0 Å².